The van der Waals surface area contributed by atoms with E-state index in [2.05, 4.69) is 5.32 Å². The van der Waals surface area contributed by atoms with Gasteiger partial charge in [-0.3, -0.25) is 4.79 Å². The van der Waals surface area contributed by atoms with Crippen LogP contribution in [0.4, 0.5) is 5.69 Å². The van der Waals surface area contributed by atoms with Gasteiger partial charge in [0.05, 0.1) is 0 Å². The number of amides is 1. The lowest BCUT2D eigenvalue weighted by Gasteiger charge is -2.06. The van der Waals surface area contributed by atoms with Crippen LogP contribution in [0.5, 0.6) is 0 Å². The highest BCUT2D eigenvalue weighted by Gasteiger charge is 2.03. The van der Waals surface area contributed by atoms with Crippen molar-refractivity contribution in [2.24, 2.45) is 0 Å². The molecule has 0 bridgehead atoms. The molecule has 1 aromatic rings. The maximum atomic E-state index is 10.8. The third-order valence-corrected chi connectivity index (χ3v) is 1.95. The van der Waals surface area contributed by atoms with Crippen molar-refractivity contribution < 1.29 is 4.79 Å². The largest absolute Gasteiger partial charge is 0.326 e. The van der Waals surface area contributed by atoms with Gasteiger partial charge in [0.1, 0.15) is 0 Å². The van der Waals surface area contributed by atoms with E-state index in [0.29, 0.717) is 5.69 Å². The predicted octanol–water partition coefficient (Wildman–Crippen LogP) is 1.77. The van der Waals surface area contributed by atoms with E-state index in [0.717, 1.165) is 11.1 Å². The van der Waals surface area contributed by atoms with Crippen LogP contribution in [0.15, 0.2) is 18.2 Å². The van der Waals surface area contributed by atoms with E-state index < -0.39 is 5.91 Å². The van der Waals surface area contributed by atoms with E-state index in [1.807, 2.05) is 26.0 Å². The summed E-state index contributed by atoms with van der Waals surface area (Å²) in [5.41, 5.74) is 2.79. The molecular formula is C10H10N2O. The van der Waals surface area contributed by atoms with Gasteiger partial charge in [-0.05, 0) is 31.0 Å². The lowest BCUT2D eigenvalue weighted by atomic mass is 10.1. The molecule has 0 saturated heterocycles. The fourth-order valence-corrected chi connectivity index (χ4v) is 1.04. The van der Waals surface area contributed by atoms with Crippen LogP contribution in [0.25, 0.3) is 0 Å². The number of nitrogens with zero attached hydrogens (tertiary/aromatic N) is 1. The average Bonchev–Trinajstić information content (AvgIpc) is 2.13. The molecule has 0 aliphatic carbocycles. The number of nitriles is 1. The van der Waals surface area contributed by atoms with E-state index in [4.69, 9.17) is 5.26 Å². The molecule has 3 nitrogen and oxygen atoms in total. The van der Waals surface area contributed by atoms with Crippen LogP contribution in [-0.2, 0) is 4.79 Å². The number of aryl methyl sites for hydroxylation is 1. The molecule has 0 aliphatic heterocycles. The topological polar surface area (TPSA) is 52.9 Å². The number of hydrogen-bond donors (Lipinski definition) is 1. The first-order valence-electron chi connectivity index (χ1n) is 3.92. The van der Waals surface area contributed by atoms with Gasteiger partial charge >= 0.3 is 5.91 Å². The standard InChI is InChI=1S/C10H10N2O/c1-7-4-3-5-9(8(7)2)12-10(13)6-11/h3-5H,1-2H3,(H,12,13). The van der Waals surface area contributed by atoms with Crippen LogP contribution in [0, 0.1) is 25.2 Å². The second kappa shape index (κ2) is 3.72. The molecular weight excluding hydrogens is 164 g/mol. The summed E-state index contributed by atoms with van der Waals surface area (Å²) < 4.78 is 0. The molecule has 0 aliphatic rings. The van der Waals surface area contributed by atoms with Crippen molar-refractivity contribution in [1.29, 1.82) is 5.26 Å². The lowest BCUT2D eigenvalue weighted by Crippen LogP contribution is -2.09. The first kappa shape index (κ1) is 9.27. The minimum Gasteiger partial charge on any atom is -0.313 e. The van der Waals surface area contributed by atoms with Gasteiger partial charge in [0, 0.05) is 5.69 Å². The number of benzene rings is 1. The Labute approximate surface area is 77.0 Å². The number of carbonyl (C=O) groups is 1. The molecule has 0 radical (unpaired) electrons. The Morgan fingerprint density at radius 1 is 1.46 bits per heavy atom. The van der Waals surface area contributed by atoms with Crippen LogP contribution in [0.3, 0.4) is 0 Å². The molecule has 0 heterocycles. The van der Waals surface area contributed by atoms with Gasteiger partial charge in [-0.1, -0.05) is 12.1 Å². The number of nitrogens with one attached hydrogen (secondary N) is 1. The van der Waals surface area contributed by atoms with E-state index in [9.17, 15) is 4.79 Å². The fraction of sp³-hybridized carbons (Fsp3) is 0.200. The SMILES string of the molecule is Cc1cccc(NC(=O)C#N)c1C. The van der Waals surface area contributed by atoms with E-state index >= 15 is 0 Å². The molecule has 0 unspecified atom stereocenters. The van der Waals surface area contributed by atoms with Gasteiger partial charge in [-0.15, -0.1) is 0 Å². The quantitative estimate of drug-likeness (QED) is 0.659. The zero-order valence-corrected chi connectivity index (χ0v) is 7.59. The maximum absolute atomic E-state index is 10.8. The minimum absolute atomic E-state index is 0.631. The Balaban J connectivity index is 2.97. The van der Waals surface area contributed by atoms with Crippen LogP contribution in [-0.4, -0.2) is 5.91 Å². The molecule has 3 heteroatoms. The molecule has 13 heavy (non-hydrogen) atoms. The number of hydrogen-bond acceptors (Lipinski definition) is 2. The third kappa shape index (κ3) is 2.06. The van der Waals surface area contributed by atoms with Crippen LogP contribution >= 0.6 is 0 Å². The molecule has 0 spiro atoms. The summed E-state index contributed by atoms with van der Waals surface area (Å²) in [4.78, 5) is 10.8. The maximum Gasteiger partial charge on any atom is 0.326 e. The third-order valence-electron chi connectivity index (χ3n) is 1.95. The van der Waals surface area contributed by atoms with Crippen molar-refractivity contribution in [2.75, 3.05) is 5.32 Å². The number of carbonyl (C=O) groups excluding carboxylic acids is 1. The van der Waals surface area contributed by atoms with Crippen molar-refractivity contribution >= 4 is 11.6 Å². The normalized spacial score (nSPS) is 9.00. The minimum atomic E-state index is -0.631. The lowest BCUT2D eigenvalue weighted by molar-refractivity contribution is -0.111. The molecule has 0 fully saturated rings. The average molecular weight is 174 g/mol. The van der Waals surface area contributed by atoms with Crippen LogP contribution < -0.4 is 5.32 Å². The first-order valence-corrected chi connectivity index (χ1v) is 3.92. The van der Waals surface area contributed by atoms with Gasteiger partial charge in [0.15, 0.2) is 6.07 Å². The van der Waals surface area contributed by atoms with Gasteiger partial charge in [-0.25, -0.2) is 0 Å². The summed E-state index contributed by atoms with van der Waals surface area (Å²) >= 11 is 0. The highest BCUT2D eigenvalue weighted by atomic mass is 16.1. The second-order valence-electron chi connectivity index (χ2n) is 2.81. The molecule has 1 N–H and O–H groups in total. The van der Waals surface area contributed by atoms with E-state index in [-0.39, 0.29) is 0 Å². The van der Waals surface area contributed by atoms with Crippen molar-refractivity contribution in [1.82, 2.24) is 0 Å². The van der Waals surface area contributed by atoms with Crippen molar-refractivity contribution in [3.63, 3.8) is 0 Å². The summed E-state index contributed by atoms with van der Waals surface area (Å²) in [6.45, 7) is 3.86. The highest BCUT2D eigenvalue weighted by Crippen LogP contribution is 2.17. The zero-order chi connectivity index (χ0) is 9.84. The molecule has 1 rings (SSSR count). The fourth-order valence-electron chi connectivity index (χ4n) is 1.04. The molecule has 0 aromatic heterocycles. The molecule has 1 aromatic carbocycles. The van der Waals surface area contributed by atoms with E-state index in [1.165, 1.54) is 6.07 Å². The summed E-state index contributed by atoms with van der Waals surface area (Å²) in [5.74, 6) is -0.631. The van der Waals surface area contributed by atoms with Crippen LogP contribution in [0.1, 0.15) is 11.1 Å². The Bertz CT molecular complexity index is 377. The molecule has 66 valence electrons. The van der Waals surface area contributed by atoms with Gasteiger partial charge in [-0.2, -0.15) is 5.26 Å². The molecule has 1 amide bonds. The molecule has 0 saturated carbocycles. The molecule has 0 atom stereocenters. The van der Waals surface area contributed by atoms with Crippen LogP contribution in [0.2, 0.25) is 0 Å². The van der Waals surface area contributed by atoms with Gasteiger partial charge < -0.3 is 5.32 Å². The van der Waals surface area contributed by atoms with Gasteiger partial charge in [0.25, 0.3) is 0 Å². The first-order chi connectivity index (χ1) is 6.15. The second-order valence-corrected chi connectivity index (χ2v) is 2.81. The zero-order valence-electron chi connectivity index (χ0n) is 7.59. The van der Waals surface area contributed by atoms with E-state index in [1.54, 1.807) is 6.07 Å². The van der Waals surface area contributed by atoms with Crippen molar-refractivity contribution in [2.45, 2.75) is 13.8 Å². The Morgan fingerprint density at radius 2 is 2.15 bits per heavy atom. The summed E-state index contributed by atoms with van der Waals surface area (Å²) in [6.07, 6.45) is 0. The number of rotatable bonds is 1. The summed E-state index contributed by atoms with van der Waals surface area (Å²) in [6, 6.07) is 7.08. The Morgan fingerprint density at radius 3 is 2.77 bits per heavy atom. The number of anilines is 1. The van der Waals surface area contributed by atoms with Crippen molar-refractivity contribution in [3.8, 4) is 6.07 Å². The Kier molecular flexibility index (Phi) is 2.65. The Hall–Kier alpha value is -1.82. The predicted molar refractivity (Wildman–Crippen MR) is 50.2 cm³/mol. The van der Waals surface area contributed by atoms with Crippen molar-refractivity contribution in [3.05, 3.63) is 29.3 Å². The smallest absolute Gasteiger partial charge is 0.313 e. The van der Waals surface area contributed by atoms with Gasteiger partial charge in [0.2, 0.25) is 0 Å². The highest BCUT2D eigenvalue weighted by molar-refractivity contribution is 6.02. The summed E-state index contributed by atoms with van der Waals surface area (Å²) in [7, 11) is 0. The monoisotopic (exact) mass is 174 g/mol. The summed E-state index contributed by atoms with van der Waals surface area (Å²) in [5, 5.41) is 10.8.